The second kappa shape index (κ2) is 5.70. The van der Waals surface area contributed by atoms with E-state index in [9.17, 15) is 4.39 Å². The summed E-state index contributed by atoms with van der Waals surface area (Å²) in [4.78, 5) is 0. The number of methoxy groups -OCH3 is 1. The highest BCUT2D eigenvalue weighted by Crippen LogP contribution is 2.14. The van der Waals surface area contributed by atoms with Crippen molar-refractivity contribution in [3.63, 3.8) is 0 Å². The Morgan fingerprint density at radius 2 is 2.07 bits per heavy atom. The molecule has 4 nitrogen and oxygen atoms in total. The lowest BCUT2D eigenvalue weighted by Crippen LogP contribution is -2.30. The zero-order valence-electron chi connectivity index (χ0n) is 8.31. The van der Waals surface area contributed by atoms with Gasteiger partial charge in [0, 0.05) is 7.11 Å². The molecule has 0 heterocycles. The third-order valence-corrected chi connectivity index (χ3v) is 1.80. The molecule has 1 aromatic rings. The molecule has 0 aromatic heterocycles. The van der Waals surface area contributed by atoms with Gasteiger partial charge in [0.2, 0.25) is 0 Å². The number of hydrogen-bond acceptors (Lipinski definition) is 4. The van der Waals surface area contributed by atoms with E-state index in [1.807, 2.05) is 0 Å². The van der Waals surface area contributed by atoms with Crippen LogP contribution in [-0.2, 0) is 4.74 Å². The Bertz CT molecular complexity index is 319. The molecular weight excluding hydrogens is 202 g/mol. The van der Waals surface area contributed by atoms with E-state index in [1.165, 1.54) is 19.2 Å². The molecule has 6 heteroatoms. The largest absolute Gasteiger partial charge is 0.488 e. The maximum absolute atomic E-state index is 13.2. The SMILES string of the molecule is COCCOc1ccc(B(O)O)cc1F. The molecule has 1 aromatic carbocycles. The zero-order chi connectivity index (χ0) is 11.3. The van der Waals surface area contributed by atoms with Crippen molar-refractivity contribution in [2.75, 3.05) is 20.3 Å². The van der Waals surface area contributed by atoms with Gasteiger partial charge in [-0.25, -0.2) is 4.39 Å². The molecule has 82 valence electrons. The molecule has 0 bridgehead atoms. The van der Waals surface area contributed by atoms with Gasteiger partial charge in [-0.05, 0) is 17.6 Å². The first-order valence-corrected chi connectivity index (χ1v) is 4.42. The van der Waals surface area contributed by atoms with Gasteiger partial charge in [0.05, 0.1) is 6.61 Å². The topological polar surface area (TPSA) is 58.9 Å². The maximum atomic E-state index is 13.2. The highest BCUT2D eigenvalue weighted by Gasteiger charge is 2.13. The molecule has 0 spiro atoms. The van der Waals surface area contributed by atoms with Crippen LogP contribution in [0.15, 0.2) is 18.2 Å². The summed E-state index contributed by atoms with van der Waals surface area (Å²) in [5.74, 6) is -0.562. The van der Waals surface area contributed by atoms with Crippen LogP contribution >= 0.6 is 0 Å². The van der Waals surface area contributed by atoms with Crippen LogP contribution in [0, 0.1) is 5.82 Å². The predicted octanol–water partition coefficient (Wildman–Crippen LogP) is -0.469. The van der Waals surface area contributed by atoms with Crippen molar-refractivity contribution < 1.29 is 23.9 Å². The lowest BCUT2D eigenvalue weighted by molar-refractivity contribution is 0.144. The number of halogens is 1. The van der Waals surface area contributed by atoms with E-state index in [-0.39, 0.29) is 17.8 Å². The first kappa shape index (κ1) is 12.0. The summed E-state index contributed by atoms with van der Waals surface area (Å²) in [5.41, 5.74) is 0.0894. The van der Waals surface area contributed by atoms with Crippen LogP contribution in [0.2, 0.25) is 0 Å². The molecule has 0 aliphatic carbocycles. The first-order chi connectivity index (χ1) is 7.15. The second-order valence-corrected chi connectivity index (χ2v) is 2.90. The molecule has 0 unspecified atom stereocenters. The third kappa shape index (κ3) is 3.51. The molecule has 0 fully saturated rings. The van der Waals surface area contributed by atoms with E-state index in [0.29, 0.717) is 6.61 Å². The number of rotatable bonds is 5. The summed E-state index contributed by atoms with van der Waals surface area (Å²) >= 11 is 0. The molecule has 0 amide bonds. The predicted molar refractivity (Wildman–Crippen MR) is 53.6 cm³/mol. The van der Waals surface area contributed by atoms with E-state index in [1.54, 1.807) is 0 Å². The lowest BCUT2D eigenvalue weighted by Gasteiger charge is -2.07. The summed E-state index contributed by atoms with van der Waals surface area (Å²) in [6, 6.07) is 3.75. The fourth-order valence-corrected chi connectivity index (χ4v) is 1.03. The van der Waals surface area contributed by atoms with Gasteiger partial charge in [0.15, 0.2) is 11.6 Å². The minimum absolute atomic E-state index is 0.0662. The van der Waals surface area contributed by atoms with Gasteiger partial charge in [-0.15, -0.1) is 0 Å². The van der Waals surface area contributed by atoms with Gasteiger partial charge in [-0.1, -0.05) is 6.07 Å². The molecule has 15 heavy (non-hydrogen) atoms. The smallest absolute Gasteiger partial charge is 0.488 e. The van der Waals surface area contributed by atoms with Crippen LogP contribution in [0.4, 0.5) is 4.39 Å². The minimum Gasteiger partial charge on any atom is -0.488 e. The molecule has 0 radical (unpaired) electrons. The van der Waals surface area contributed by atoms with E-state index in [2.05, 4.69) is 0 Å². The summed E-state index contributed by atoms with van der Waals surface area (Å²) in [7, 11) is -0.155. The fraction of sp³-hybridized carbons (Fsp3) is 0.333. The Morgan fingerprint density at radius 1 is 1.33 bits per heavy atom. The summed E-state index contributed by atoms with van der Waals surface area (Å²) in [6.45, 7) is 0.609. The summed E-state index contributed by atoms with van der Waals surface area (Å²) in [6.07, 6.45) is 0. The monoisotopic (exact) mass is 214 g/mol. The van der Waals surface area contributed by atoms with Gasteiger partial charge >= 0.3 is 7.12 Å². The van der Waals surface area contributed by atoms with Gasteiger partial charge < -0.3 is 19.5 Å². The van der Waals surface area contributed by atoms with Crippen LogP contribution in [-0.4, -0.2) is 37.5 Å². The first-order valence-electron chi connectivity index (χ1n) is 4.42. The minimum atomic E-state index is -1.67. The fourth-order valence-electron chi connectivity index (χ4n) is 1.03. The standard InChI is InChI=1S/C9H12BFO4/c1-14-4-5-15-9-3-2-7(10(12)13)6-8(9)11/h2-3,6,12-13H,4-5H2,1H3. The number of hydrogen-bond donors (Lipinski definition) is 2. The Kier molecular flexibility index (Phi) is 4.55. The summed E-state index contributed by atoms with van der Waals surface area (Å²) in [5, 5.41) is 17.6. The molecular formula is C9H12BFO4. The Morgan fingerprint density at radius 3 is 2.60 bits per heavy atom. The van der Waals surface area contributed by atoms with Crippen LogP contribution in [0.25, 0.3) is 0 Å². The van der Waals surface area contributed by atoms with Crippen LogP contribution in [0.1, 0.15) is 0 Å². The van der Waals surface area contributed by atoms with Crippen molar-refractivity contribution in [2.24, 2.45) is 0 Å². The molecule has 0 aliphatic heterocycles. The molecule has 1 rings (SSSR count). The van der Waals surface area contributed by atoms with Gasteiger partial charge in [0.1, 0.15) is 6.61 Å². The second-order valence-electron chi connectivity index (χ2n) is 2.90. The van der Waals surface area contributed by atoms with Crippen molar-refractivity contribution in [2.45, 2.75) is 0 Å². The molecule has 0 saturated carbocycles. The molecule has 2 N–H and O–H groups in total. The molecule has 0 atom stereocenters. The third-order valence-electron chi connectivity index (χ3n) is 1.80. The van der Waals surface area contributed by atoms with Crippen molar-refractivity contribution in [3.05, 3.63) is 24.0 Å². The quantitative estimate of drug-likeness (QED) is 0.513. The van der Waals surface area contributed by atoms with Gasteiger partial charge in [0.25, 0.3) is 0 Å². The Hall–Kier alpha value is -1.11. The number of benzene rings is 1. The van der Waals surface area contributed by atoms with Crippen LogP contribution in [0.3, 0.4) is 0 Å². The van der Waals surface area contributed by atoms with E-state index in [4.69, 9.17) is 19.5 Å². The van der Waals surface area contributed by atoms with Crippen molar-refractivity contribution in [1.29, 1.82) is 0 Å². The molecule has 0 aliphatic rings. The number of ether oxygens (including phenoxy) is 2. The van der Waals surface area contributed by atoms with Crippen molar-refractivity contribution in [1.82, 2.24) is 0 Å². The van der Waals surface area contributed by atoms with E-state index in [0.717, 1.165) is 6.07 Å². The highest BCUT2D eigenvalue weighted by molar-refractivity contribution is 6.58. The highest BCUT2D eigenvalue weighted by atomic mass is 19.1. The van der Waals surface area contributed by atoms with Gasteiger partial charge in [-0.3, -0.25) is 0 Å². The molecule has 0 saturated heterocycles. The van der Waals surface area contributed by atoms with Crippen molar-refractivity contribution in [3.8, 4) is 5.75 Å². The Balaban J connectivity index is 2.66. The van der Waals surface area contributed by atoms with E-state index >= 15 is 0 Å². The van der Waals surface area contributed by atoms with Crippen molar-refractivity contribution >= 4 is 12.6 Å². The Labute approximate surface area is 87.4 Å². The zero-order valence-corrected chi connectivity index (χ0v) is 8.31. The van der Waals surface area contributed by atoms with Crippen LogP contribution in [0.5, 0.6) is 5.75 Å². The van der Waals surface area contributed by atoms with Crippen LogP contribution < -0.4 is 10.2 Å². The van der Waals surface area contributed by atoms with E-state index < -0.39 is 12.9 Å². The lowest BCUT2D eigenvalue weighted by atomic mass is 9.80. The average molecular weight is 214 g/mol. The summed E-state index contributed by atoms with van der Waals surface area (Å²) < 4.78 is 23.0. The van der Waals surface area contributed by atoms with Gasteiger partial charge in [-0.2, -0.15) is 0 Å². The maximum Gasteiger partial charge on any atom is 0.488 e. The average Bonchev–Trinajstić information content (AvgIpc) is 2.20. The normalized spacial score (nSPS) is 10.1.